The molecule has 3 rings (SSSR count). The molecule has 1 aliphatic rings. The summed E-state index contributed by atoms with van der Waals surface area (Å²) in [6, 6.07) is 5.22. The van der Waals surface area contributed by atoms with E-state index in [-0.39, 0.29) is 30.0 Å². The number of hydrogen-bond acceptors (Lipinski definition) is 5. The number of aromatic nitrogens is 3. The van der Waals surface area contributed by atoms with Crippen LogP contribution in [0.2, 0.25) is 0 Å². The van der Waals surface area contributed by atoms with Crippen molar-refractivity contribution >= 4 is 29.9 Å². The van der Waals surface area contributed by atoms with Crippen LogP contribution >= 0.6 is 24.0 Å². The molecule has 0 saturated carbocycles. The minimum absolute atomic E-state index is 0. The van der Waals surface area contributed by atoms with Gasteiger partial charge in [0.25, 0.3) is 0 Å². The molecule has 12 heteroatoms. The molecular weight excluding hydrogens is 526 g/mol. The summed E-state index contributed by atoms with van der Waals surface area (Å²) in [5, 5.41) is 10.5. The zero-order valence-corrected chi connectivity index (χ0v) is 19.7. The molecule has 1 unspecified atom stereocenters. The number of aryl methyl sites for hydroxylation is 1. The molecule has 2 heterocycles. The molecule has 8 nitrogen and oxygen atoms in total. The van der Waals surface area contributed by atoms with Crippen LogP contribution in [0.1, 0.15) is 23.0 Å². The van der Waals surface area contributed by atoms with Gasteiger partial charge in [-0.1, -0.05) is 12.1 Å². The second-order valence-electron chi connectivity index (χ2n) is 6.89. The Morgan fingerprint density at radius 1 is 1.19 bits per heavy atom. The number of rotatable bonds is 6. The highest BCUT2D eigenvalue weighted by molar-refractivity contribution is 14.0. The van der Waals surface area contributed by atoms with E-state index in [4.69, 9.17) is 4.74 Å². The van der Waals surface area contributed by atoms with E-state index in [1.807, 2.05) is 0 Å². The van der Waals surface area contributed by atoms with Crippen molar-refractivity contribution in [1.29, 1.82) is 0 Å². The SMILES string of the molecule is CN=C(NCc1ncnn1C)NCC(c1ccc(C(F)(F)F)cc1)N1CCOCC1.I. The molecule has 1 aromatic carbocycles. The quantitative estimate of drug-likeness (QED) is 0.325. The first-order chi connectivity index (χ1) is 14.4. The average molecular weight is 553 g/mol. The van der Waals surface area contributed by atoms with Crippen molar-refractivity contribution in [1.82, 2.24) is 30.3 Å². The molecule has 1 atom stereocenters. The molecule has 0 spiro atoms. The maximum Gasteiger partial charge on any atom is 0.416 e. The normalized spacial score (nSPS) is 16.5. The van der Waals surface area contributed by atoms with E-state index in [2.05, 4.69) is 30.6 Å². The van der Waals surface area contributed by atoms with Crippen molar-refractivity contribution in [3.8, 4) is 0 Å². The second kappa shape index (κ2) is 11.6. The van der Waals surface area contributed by atoms with Gasteiger partial charge in [-0.25, -0.2) is 4.98 Å². The fourth-order valence-electron chi connectivity index (χ4n) is 3.30. The lowest BCUT2D eigenvalue weighted by atomic mass is 10.0. The predicted octanol–water partition coefficient (Wildman–Crippen LogP) is 2.19. The molecular formula is C19H27F3IN7O. The lowest BCUT2D eigenvalue weighted by Crippen LogP contribution is -2.46. The Morgan fingerprint density at radius 3 is 2.42 bits per heavy atom. The molecule has 0 bridgehead atoms. The first-order valence-electron chi connectivity index (χ1n) is 9.65. The Hall–Kier alpha value is -1.93. The van der Waals surface area contributed by atoms with E-state index in [1.54, 1.807) is 30.9 Å². The molecule has 2 N–H and O–H groups in total. The van der Waals surface area contributed by atoms with E-state index in [0.29, 0.717) is 45.4 Å². The molecule has 0 radical (unpaired) electrons. The molecule has 1 aliphatic heterocycles. The van der Waals surface area contributed by atoms with Gasteiger partial charge in [-0.3, -0.25) is 14.6 Å². The van der Waals surface area contributed by atoms with Crippen molar-refractivity contribution in [2.45, 2.75) is 18.8 Å². The van der Waals surface area contributed by atoms with Gasteiger partial charge in [0.15, 0.2) is 5.96 Å². The molecule has 31 heavy (non-hydrogen) atoms. The highest BCUT2D eigenvalue weighted by atomic mass is 127. The monoisotopic (exact) mass is 553 g/mol. The first kappa shape index (κ1) is 25.3. The largest absolute Gasteiger partial charge is 0.416 e. The maximum absolute atomic E-state index is 12.9. The van der Waals surface area contributed by atoms with Gasteiger partial charge < -0.3 is 15.4 Å². The number of alkyl halides is 3. The van der Waals surface area contributed by atoms with E-state index < -0.39 is 11.7 Å². The van der Waals surface area contributed by atoms with Crippen LogP contribution in [0.15, 0.2) is 35.6 Å². The standard InChI is InChI=1S/C19H26F3N7O.HI/c1-23-18(25-12-17-26-13-27-28(17)2)24-11-16(29-7-9-30-10-8-29)14-3-5-15(6-4-14)19(20,21)22;/h3-6,13,16H,7-12H2,1-2H3,(H2,23,24,25);1H. The molecule has 172 valence electrons. The molecule has 1 saturated heterocycles. The number of nitrogens with zero attached hydrogens (tertiary/aromatic N) is 5. The van der Waals surface area contributed by atoms with Crippen molar-refractivity contribution in [3.63, 3.8) is 0 Å². The number of nitrogens with one attached hydrogen (secondary N) is 2. The zero-order valence-electron chi connectivity index (χ0n) is 17.4. The number of aliphatic imine (C=N–C) groups is 1. The topological polar surface area (TPSA) is 79.6 Å². The summed E-state index contributed by atoms with van der Waals surface area (Å²) in [6.07, 6.45) is -2.87. The van der Waals surface area contributed by atoms with Crippen molar-refractivity contribution in [2.24, 2.45) is 12.0 Å². The van der Waals surface area contributed by atoms with Crippen LogP contribution in [-0.2, 0) is 24.5 Å². The molecule has 0 amide bonds. The fraction of sp³-hybridized carbons (Fsp3) is 0.526. The van der Waals surface area contributed by atoms with E-state index in [1.165, 1.54) is 6.33 Å². The van der Waals surface area contributed by atoms with Crippen molar-refractivity contribution in [3.05, 3.63) is 47.5 Å². The van der Waals surface area contributed by atoms with Crippen molar-refractivity contribution < 1.29 is 17.9 Å². The maximum atomic E-state index is 12.9. The van der Waals surface area contributed by atoms with Crippen molar-refractivity contribution in [2.75, 3.05) is 39.9 Å². The van der Waals surface area contributed by atoms with Crippen LogP contribution in [0.5, 0.6) is 0 Å². The van der Waals surface area contributed by atoms with Gasteiger partial charge in [0.05, 0.1) is 31.4 Å². The van der Waals surface area contributed by atoms with Gasteiger partial charge in [-0.05, 0) is 17.7 Å². The summed E-state index contributed by atoms with van der Waals surface area (Å²) < 4.78 is 45.9. The summed E-state index contributed by atoms with van der Waals surface area (Å²) in [7, 11) is 3.47. The molecule has 0 aliphatic carbocycles. The van der Waals surface area contributed by atoms with Crippen LogP contribution < -0.4 is 10.6 Å². The summed E-state index contributed by atoms with van der Waals surface area (Å²) in [4.78, 5) is 10.6. The number of benzene rings is 1. The summed E-state index contributed by atoms with van der Waals surface area (Å²) in [6.45, 7) is 3.52. The second-order valence-corrected chi connectivity index (χ2v) is 6.89. The number of hydrogen-bond donors (Lipinski definition) is 2. The van der Waals surface area contributed by atoms with Crippen LogP contribution in [0.3, 0.4) is 0 Å². The summed E-state index contributed by atoms with van der Waals surface area (Å²) in [5.74, 6) is 1.33. The Balaban J connectivity index is 0.00000341. The van der Waals surface area contributed by atoms with Gasteiger partial charge in [0.1, 0.15) is 12.2 Å². The van der Waals surface area contributed by atoms with Gasteiger partial charge in [-0.2, -0.15) is 18.3 Å². The third-order valence-electron chi connectivity index (χ3n) is 5.01. The Bertz CT molecular complexity index is 836. The number of guanidine groups is 1. The molecule has 1 fully saturated rings. The smallest absolute Gasteiger partial charge is 0.379 e. The molecule has 2 aromatic rings. The third-order valence-corrected chi connectivity index (χ3v) is 5.01. The highest BCUT2D eigenvalue weighted by Gasteiger charge is 2.31. The number of morpholine rings is 1. The van der Waals surface area contributed by atoms with E-state index in [0.717, 1.165) is 23.5 Å². The van der Waals surface area contributed by atoms with Gasteiger partial charge >= 0.3 is 6.18 Å². The van der Waals surface area contributed by atoms with Crippen LogP contribution in [0.4, 0.5) is 13.2 Å². The minimum Gasteiger partial charge on any atom is -0.379 e. The first-order valence-corrected chi connectivity index (χ1v) is 9.65. The Labute approximate surface area is 196 Å². The number of ether oxygens (including phenoxy) is 1. The molecule has 1 aromatic heterocycles. The lowest BCUT2D eigenvalue weighted by molar-refractivity contribution is -0.137. The van der Waals surface area contributed by atoms with E-state index >= 15 is 0 Å². The van der Waals surface area contributed by atoms with Crippen LogP contribution in [-0.4, -0.2) is 65.5 Å². The Morgan fingerprint density at radius 2 is 1.87 bits per heavy atom. The highest BCUT2D eigenvalue weighted by Crippen LogP contribution is 2.31. The van der Waals surface area contributed by atoms with E-state index in [9.17, 15) is 13.2 Å². The average Bonchev–Trinajstić information content (AvgIpc) is 3.15. The lowest BCUT2D eigenvalue weighted by Gasteiger charge is -2.35. The minimum atomic E-state index is -4.35. The Kier molecular flexibility index (Phi) is 9.50. The third kappa shape index (κ3) is 7.04. The fourth-order valence-corrected chi connectivity index (χ4v) is 3.30. The zero-order chi connectivity index (χ0) is 21.6. The van der Waals surface area contributed by atoms with Gasteiger partial charge in [0.2, 0.25) is 0 Å². The summed E-state index contributed by atoms with van der Waals surface area (Å²) >= 11 is 0. The predicted molar refractivity (Wildman–Crippen MR) is 121 cm³/mol. The number of halogens is 4. The van der Waals surface area contributed by atoms with Crippen LogP contribution in [0.25, 0.3) is 0 Å². The van der Waals surface area contributed by atoms with Gasteiger partial charge in [-0.15, -0.1) is 24.0 Å². The summed E-state index contributed by atoms with van der Waals surface area (Å²) in [5.41, 5.74) is 0.155. The van der Waals surface area contributed by atoms with Crippen LogP contribution in [0, 0.1) is 0 Å². The van der Waals surface area contributed by atoms with Gasteiger partial charge in [0, 0.05) is 33.7 Å².